The molecule has 1 aromatic heterocycles. The smallest absolute Gasteiger partial charge is 0.410 e. The lowest BCUT2D eigenvalue weighted by Gasteiger charge is -2.43. The van der Waals surface area contributed by atoms with Crippen LogP contribution < -0.4 is 4.90 Å². The van der Waals surface area contributed by atoms with E-state index in [1.807, 2.05) is 31.9 Å². The zero-order valence-electron chi connectivity index (χ0n) is 23.6. The van der Waals surface area contributed by atoms with Crippen LogP contribution in [-0.2, 0) is 28.9 Å². The summed E-state index contributed by atoms with van der Waals surface area (Å²) in [5.74, 6) is 0. The Labute approximate surface area is 228 Å². The van der Waals surface area contributed by atoms with Gasteiger partial charge in [0.2, 0.25) is 0 Å². The van der Waals surface area contributed by atoms with E-state index in [1.165, 1.54) is 34.5 Å². The van der Waals surface area contributed by atoms with Gasteiger partial charge in [-0.3, -0.25) is 14.8 Å². The average molecular weight is 521 g/mol. The number of aromatic nitrogens is 1. The number of rotatable bonds is 6. The van der Waals surface area contributed by atoms with Gasteiger partial charge in [-0.1, -0.05) is 25.1 Å². The predicted octanol–water partition coefficient (Wildman–Crippen LogP) is 5.37. The third-order valence-electron chi connectivity index (χ3n) is 8.01. The van der Waals surface area contributed by atoms with Crippen molar-refractivity contribution >= 4 is 11.8 Å². The fraction of sp³-hybridized carbons (Fsp3) is 0.613. The van der Waals surface area contributed by atoms with Crippen molar-refractivity contribution in [1.29, 1.82) is 0 Å². The SMILES string of the molecule is CCCN(C[C@H]1Cc2c(cccc2N2CCOCC2)CN1C(=O)OC(C)(C)C)[C@H]1CCCc2cccnc21. The van der Waals surface area contributed by atoms with E-state index in [0.717, 1.165) is 65.1 Å². The Balaban J connectivity index is 1.47. The molecule has 1 amide bonds. The highest BCUT2D eigenvalue weighted by Crippen LogP contribution is 2.37. The maximum Gasteiger partial charge on any atom is 0.410 e. The first kappa shape index (κ1) is 26.9. The third-order valence-corrected chi connectivity index (χ3v) is 8.01. The van der Waals surface area contributed by atoms with Crippen LogP contribution in [0.25, 0.3) is 0 Å². The molecule has 1 aromatic carbocycles. The number of benzene rings is 1. The highest BCUT2D eigenvalue weighted by atomic mass is 16.6. The third kappa shape index (κ3) is 5.99. The van der Waals surface area contributed by atoms with Gasteiger partial charge in [0.15, 0.2) is 0 Å². The van der Waals surface area contributed by atoms with Gasteiger partial charge in [-0.2, -0.15) is 0 Å². The van der Waals surface area contributed by atoms with Crippen LogP contribution in [0.1, 0.15) is 75.4 Å². The van der Waals surface area contributed by atoms with Crippen molar-refractivity contribution < 1.29 is 14.3 Å². The second kappa shape index (κ2) is 11.6. The minimum atomic E-state index is -0.535. The molecule has 3 heterocycles. The lowest BCUT2D eigenvalue weighted by molar-refractivity contribution is 0.00468. The quantitative estimate of drug-likeness (QED) is 0.511. The summed E-state index contributed by atoms with van der Waals surface area (Å²) in [7, 11) is 0. The van der Waals surface area contributed by atoms with E-state index in [-0.39, 0.29) is 18.2 Å². The van der Waals surface area contributed by atoms with Gasteiger partial charge < -0.3 is 14.4 Å². The van der Waals surface area contributed by atoms with Gasteiger partial charge in [0, 0.05) is 38.1 Å². The Hall–Kier alpha value is -2.64. The van der Waals surface area contributed by atoms with Crippen LogP contribution in [0.4, 0.5) is 10.5 Å². The number of carbonyl (C=O) groups excluding carboxylic acids is 1. The van der Waals surface area contributed by atoms with Crippen molar-refractivity contribution in [3.8, 4) is 0 Å². The molecule has 1 fully saturated rings. The van der Waals surface area contributed by atoms with Crippen molar-refractivity contribution in [2.24, 2.45) is 0 Å². The van der Waals surface area contributed by atoms with Gasteiger partial charge in [0.05, 0.1) is 31.0 Å². The summed E-state index contributed by atoms with van der Waals surface area (Å²) in [6, 6.07) is 11.2. The number of hydrogen-bond acceptors (Lipinski definition) is 6. The molecule has 1 saturated heterocycles. The zero-order chi connectivity index (χ0) is 26.7. The normalized spacial score (nSPS) is 21.7. The number of anilines is 1. The van der Waals surface area contributed by atoms with Crippen LogP contribution in [0.15, 0.2) is 36.5 Å². The summed E-state index contributed by atoms with van der Waals surface area (Å²) in [6.07, 6.45) is 6.98. The van der Waals surface area contributed by atoms with Crippen molar-refractivity contribution in [2.45, 2.75) is 84.0 Å². The minimum absolute atomic E-state index is 0.0279. The molecule has 0 saturated carbocycles. The molecule has 7 heteroatoms. The van der Waals surface area contributed by atoms with Crippen molar-refractivity contribution in [3.05, 3.63) is 58.9 Å². The lowest BCUT2D eigenvalue weighted by Crippen LogP contribution is -2.52. The Morgan fingerprint density at radius 1 is 1.16 bits per heavy atom. The van der Waals surface area contributed by atoms with E-state index in [0.29, 0.717) is 6.54 Å². The maximum atomic E-state index is 13.6. The van der Waals surface area contributed by atoms with Gasteiger partial charge >= 0.3 is 6.09 Å². The van der Waals surface area contributed by atoms with E-state index in [4.69, 9.17) is 14.5 Å². The number of aryl methyl sites for hydroxylation is 1. The number of nitrogens with zero attached hydrogens (tertiary/aromatic N) is 4. The van der Waals surface area contributed by atoms with Crippen LogP contribution in [0.2, 0.25) is 0 Å². The van der Waals surface area contributed by atoms with Crippen LogP contribution >= 0.6 is 0 Å². The van der Waals surface area contributed by atoms with Gasteiger partial charge in [-0.25, -0.2) is 4.79 Å². The first-order valence-corrected chi connectivity index (χ1v) is 14.4. The first-order valence-electron chi connectivity index (χ1n) is 14.4. The predicted molar refractivity (Wildman–Crippen MR) is 151 cm³/mol. The number of morpholine rings is 1. The molecule has 38 heavy (non-hydrogen) atoms. The van der Waals surface area contributed by atoms with Crippen molar-refractivity contribution in [1.82, 2.24) is 14.8 Å². The maximum absolute atomic E-state index is 13.6. The Morgan fingerprint density at radius 3 is 2.71 bits per heavy atom. The second-order valence-corrected chi connectivity index (χ2v) is 11.9. The Bertz CT molecular complexity index is 1110. The number of ether oxygens (including phenoxy) is 2. The zero-order valence-corrected chi connectivity index (χ0v) is 23.6. The highest BCUT2D eigenvalue weighted by molar-refractivity contribution is 5.70. The highest BCUT2D eigenvalue weighted by Gasteiger charge is 2.37. The van der Waals surface area contributed by atoms with Gasteiger partial charge in [0.25, 0.3) is 0 Å². The molecule has 2 aromatic rings. The van der Waals surface area contributed by atoms with E-state index < -0.39 is 5.60 Å². The number of carbonyl (C=O) groups is 1. The second-order valence-electron chi connectivity index (χ2n) is 11.9. The Morgan fingerprint density at radius 2 is 1.95 bits per heavy atom. The molecule has 0 radical (unpaired) electrons. The monoisotopic (exact) mass is 520 g/mol. The number of hydrogen-bond donors (Lipinski definition) is 0. The average Bonchev–Trinajstić information content (AvgIpc) is 2.91. The summed E-state index contributed by atoms with van der Waals surface area (Å²) in [4.78, 5) is 25.5. The van der Waals surface area contributed by atoms with E-state index in [2.05, 4.69) is 47.1 Å². The van der Waals surface area contributed by atoms with Crippen molar-refractivity contribution in [2.75, 3.05) is 44.3 Å². The molecular formula is C31H44N4O3. The molecule has 0 N–H and O–H groups in total. The van der Waals surface area contributed by atoms with Crippen molar-refractivity contribution in [3.63, 3.8) is 0 Å². The largest absolute Gasteiger partial charge is 0.444 e. The molecule has 2 aliphatic heterocycles. The molecule has 5 rings (SSSR count). The molecule has 3 aliphatic rings. The van der Waals surface area contributed by atoms with E-state index in [9.17, 15) is 4.79 Å². The molecule has 0 spiro atoms. The molecule has 206 valence electrons. The molecule has 7 nitrogen and oxygen atoms in total. The van der Waals surface area contributed by atoms with Crippen LogP contribution in [-0.4, -0.2) is 71.9 Å². The molecule has 0 bridgehead atoms. The summed E-state index contributed by atoms with van der Waals surface area (Å²) >= 11 is 0. The summed E-state index contributed by atoms with van der Waals surface area (Å²) in [5, 5.41) is 0. The molecular weight excluding hydrogens is 476 g/mol. The Kier molecular flexibility index (Phi) is 8.24. The van der Waals surface area contributed by atoms with Gasteiger partial charge in [0.1, 0.15) is 5.60 Å². The number of pyridine rings is 1. The molecule has 1 aliphatic carbocycles. The summed E-state index contributed by atoms with van der Waals surface area (Å²) < 4.78 is 11.6. The van der Waals surface area contributed by atoms with Crippen LogP contribution in [0.3, 0.4) is 0 Å². The van der Waals surface area contributed by atoms with E-state index in [1.54, 1.807) is 0 Å². The lowest BCUT2D eigenvalue weighted by atomic mass is 9.88. The number of amides is 1. The van der Waals surface area contributed by atoms with Gasteiger partial charge in [-0.05, 0) is 88.2 Å². The van der Waals surface area contributed by atoms with E-state index >= 15 is 0 Å². The summed E-state index contributed by atoms with van der Waals surface area (Å²) in [6.45, 7) is 13.8. The molecule has 0 unspecified atom stereocenters. The number of fused-ring (bicyclic) bond motifs is 2. The molecule has 2 atom stereocenters. The first-order chi connectivity index (χ1) is 18.3. The van der Waals surface area contributed by atoms with Gasteiger partial charge in [-0.15, -0.1) is 0 Å². The van der Waals surface area contributed by atoms with Crippen LogP contribution in [0.5, 0.6) is 0 Å². The summed E-state index contributed by atoms with van der Waals surface area (Å²) in [5.41, 5.74) is 5.96. The fourth-order valence-corrected chi connectivity index (χ4v) is 6.33. The van der Waals surface area contributed by atoms with Crippen LogP contribution in [0, 0.1) is 0 Å². The minimum Gasteiger partial charge on any atom is -0.444 e. The standard InChI is InChI=1S/C31H44N4O3/c1-5-15-34(28-13-6-9-23-11-8-14-32-29(23)28)22-25-20-26-24(21-35(25)30(36)38-31(2,3)4)10-7-12-27(26)33-16-18-37-19-17-33/h7-8,10-12,14,25,28H,5-6,9,13,15-22H2,1-4H3/t25-,28+/m1/s1. The fourth-order valence-electron chi connectivity index (χ4n) is 6.33. The topological polar surface area (TPSA) is 58.1 Å².